The molecule has 16 heavy (non-hydrogen) atoms. The van der Waals surface area contributed by atoms with E-state index >= 15 is 0 Å². The second-order valence-corrected chi connectivity index (χ2v) is 4.68. The summed E-state index contributed by atoms with van der Waals surface area (Å²) in [5.74, 6) is 0.798. The largest absolute Gasteiger partial charge is 0.388 e. The number of hydrogen-bond acceptors (Lipinski definition) is 4. The predicted molar refractivity (Wildman–Crippen MR) is 63.3 cm³/mol. The summed E-state index contributed by atoms with van der Waals surface area (Å²) in [4.78, 5) is 8.16. The minimum Gasteiger partial charge on any atom is -0.388 e. The van der Waals surface area contributed by atoms with Crippen LogP contribution in [0.3, 0.4) is 0 Å². The molecule has 0 radical (unpaired) electrons. The third-order valence-corrected chi connectivity index (χ3v) is 3.19. The summed E-state index contributed by atoms with van der Waals surface area (Å²) < 4.78 is 0. The van der Waals surface area contributed by atoms with Gasteiger partial charge in [0.2, 0.25) is 0 Å². The van der Waals surface area contributed by atoms with Crippen molar-refractivity contribution < 1.29 is 5.11 Å². The van der Waals surface area contributed by atoms with Gasteiger partial charge in [0.1, 0.15) is 12.1 Å². The number of aryl methyl sites for hydroxylation is 1. The van der Waals surface area contributed by atoms with E-state index in [1.165, 1.54) is 6.42 Å². The van der Waals surface area contributed by atoms with Crippen molar-refractivity contribution in [2.45, 2.75) is 44.6 Å². The van der Waals surface area contributed by atoms with Gasteiger partial charge in [-0.25, -0.2) is 9.97 Å². The van der Waals surface area contributed by atoms with Crippen molar-refractivity contribution in [3.05, 3.63) is 18.1 Å². The lowest BCUT2D eigenvalue weighted by Crippen LogP contribution is -2.38. The van der Waals surface area contributed by atoms with Crippen molar-refractivity contribution in [2.75, 3.05) is 11.9 Å². The summed E-state index contributed by atoms with van der Waals surface area (Å²) in [7, 11) is 0. The Bertz CT molecular complexity index is 348. The van der Waals surface area contributed by atoms with Gasteiger partial charge in [0.25, 0.3) is 0 Å². The highest BCUT2D eigenvalue weighted by atomic mass is 16.3. The number of hydrogen-bond donors (Lipinski definition) is 2. The molecule has 1 heterocycles. The second-order valence-electron chi connectivity index (χ2n) is 4.68. The van der Waals surface area contributed by atoms with Crippen molar-refractivity contribution in [1.29, 1.82) is 0 Å². The van der Waals surface area contributed by atoms with Gasteiger partial charge in [-0.05, 0) is 19.8 Å². The summed E-state index contributed by atoms with van der Waals surface area (Å²) in [6.07, 6.45) is 6.83. The fraction of sp³-hybridized carbons (Fsp3) is 0.667. The molecule has 1 fully saturated rings. The highest BCUT2D eigenvalue weighted by molar-refractivity contribution is 5.34. The molecular formula is C12H19N3O. The molecule has 0 aliphatic heterocycles. The molecule has 2 N–H and O–H groups in total. The summed E-state index contributed by atoms with van der Waals surface area (Å²) in [6, 6.07) is 1.90. The van der Waals surface area contributed by atoms with Gasteiger partial charge in [0.05, 0.1) is 5.60 Å². The molecule has 4 heteroatoms. The first-order valence-electron chi connectivity index (χ1n) is 5.93. The maximum absolute atomic E-state index is 10.3. The molecule has 0 bridgehead atoms. The number of nitrogens with one attached hydrogen (secondary N) is 1. The van der Waals surface area contributed by atoms with E-state index in [0.717, 1.165) is 37.2 Å². The zero-order valence-corrected chi connectivity index (χ0v) is 9.74. The van der Waals surface area contributed by atoms with Gasteiger partial charge in [-0.3, -0.25) is 0 Å². The lowest BCUT2D eigenvalue weighted by molar-refractivity contribution is 0.0166. The van der Waals surface area contributed by atoms with E-state index in [9.17, 15) is 5.11 Å². The third-order valence-electron chi connectivity index (χ3n) is 3.19. The van der Waals surface area contributed by atoms with Crippen LogP contribution in [-0.2, 0) is 0 Å². The van der Waals surface area contributed by atoms with E-state index in [1.807, 2.05) is 13.0 Å². The quantitative estimate of drug-likeness (QED) is 0.818. The predicted octanol–water partition coefficient (Wildman–Crippen LogP) is 1.89. The normalized spacial score (nSPS) is 19.4. The number of aromatic nitrogens is 2. The number of nitrogens with zero attached hydrogens (tertiary/aromatic N) is 2. The standard InChI is InChI=1S/C12H19N3O/c1-10-7-11(15-9-14-10)13-8-12(16)5-3-2-4-6-12/h7,9,16H,2-6,8H2,1H3,(H,13,14,15). The van der Waals surface area contributed by atoms with Crippen LogP contribution in [0.15, 0.2) is 12.4 Å². The van der Waals surface area contributed by atoms with Gasteiger partial charge >= 0.3 is 0 Å². The monoisotopic (exact) mass is 221 g/mol. The van der Waals surface area contributed by atoms with Gasteiger partial charge in [-0.1, -0.05) is 19.3 Å². The van der Waals surface area contributed by atoms with Gasteiger partial charge in [-0.15, -0.1) is 0 Å². The molecule has 1 aliphatic carbocycles. The van der Waals surface area contributed by atoms with Crippen LogP contribution < -0.4 is 5.32 Å². The molecule has 4 nitrogen and oxygen atoms in total. The average molecular weight is 221 g/mol. The molecule has 1 aromatic heterocycles. The summed E-state index contributed by atoms with van der Waals surface area (Å²) in [5, 5.41) is 13.5. The molecule has 0 atom stereocenters. The molecule has 2 rings (SSSR count). The van der Waals surface area contributed by atoms with Crippen LogP contribution in [0.2, 0.25) is 0 Å². The Morgan fingerprint density at radius 2 is 2.06 bits per heavy atom. The minimum atomic E-state index is -0.545. The topological polar surface area (TPSA) is 58.0 Å². The molecule has 0 unspecified atom stereocenters. The maximum Gasteiger partial charge on any atom is 0.129 e. The van der Waals surface area contributed by atoms with E-state index in [1.54, 1.807) is 6.33 Å². The van der Waals surface area contributed by atoms with E-state index < -0.39 is 5.60 Å². The molecule has 0 spiro atoms. The van der Waals surface area contributed by atoms with Crippen molar-refractivity contribution in [3.63, 3.8) is 0 Å². The Labute approximate surface area is 96.1 Å². The van der Waals surface area contributed by atoms with Crippen LogP contribution in [0.4, 0.5) is 5.82 Å². The van der Waals surface area contributed by atoms with Crippen molar-refractivity contribution in [3.8, 4) is 0 Å². The average Bonchev–Trinajstić information content (AvgIpc) is 2.28. The van der Waals surface area contributed by atoms with Gasteiger partial charge in [0.15, 0.2) is 0 Å². The smallest absolute Gasteiger partial charge is 0.129 e. The first-order valence-corrected chi connectivity index (χ1v) is 5.93. The Kier molecular flexibility index (Phi) is 3.39. The highest BCUT2D eigenvalue weighted by Crippen LogP contribution is 2.28. The van der Waals surface area contributed by atoms with Crippen LogP contribution in [0.5, 0.6) is 0 Å². The van der Waals surface area contributed by atoms with Gasteiger partial charge in [-0.2, -0.15) is 0 Å². The fourth-order valence-electron chi connectivity index (χ4n) is 2.19. The zero-order valence-electron chi connectivity index (χ0n) is 9.74. The van der Waals surface area contributed by atoms with Crippen LogP contribution in [0.25, 0.3) is 0 Å². The minimum absolute atomic E-state index is 0.545. The number of rotatable bonds is 3. The Morgan fingerprint density at radius 1 is 1.31 bits per heavy atom. The zero-order chi connectivity index (χ0) is 11.4. The van der Waals surface area contributed by atoms with Crippen LogP contribution in [0.1, 0.15) is 37.8 Å². The van der Waals surface area contributed by atoms with Crippen molar-refractivity contribution in [1.82, 2.24) is 9.97 Å². The van der Waals surface area contributed by atoms with Crippen molar-refractivity contribution in [2.24, 2.45) is 0 Å². The fourth-order valence-corrected chi connectivity index (χ4v) is 2.19. The second kappa shape index (κ2) is 4.78. The van der Waals surface area contributed by atoms with E-state index in [0.29, 0.717) is 6.54 Å². The first-order chi connectivity index (χ1) is 7.68. The van der Waals surface area contributed by atoms with Gasteiger partial charge in [0, 0.05) is 18.3 Å². The molecular weight excluding hydrogens is 202 g/mol. The Balaban J connectivity index is 1.91. The van der Waals surface area contributed by atoms with Crippen LogP contribution in [0, 0.1) is 6.92 Å². The summed E-state index contributed by atoms with van der Waals surface area (Å²) in [5.41, 5.74) is 0.394. The first kappa shape index (κ1) is 11.3. The van der Waals surface area contributed by atoms with E-state index in [-0.39, 0.29) is 0 Å². The molecule has 88 valence electrons. The van der Waals surface area contributed by atoms with E-state index in [4.69, 9.17) is 0 Å². The van der Waals surface area contributed by atoms with Crippen molar-refractivity contribution >= 4 is 5.82 Å². The Morgan fingerprint density at radius 3 is 2.75 bits per heavy atom. The SMILES string of the molecule is Cc1cc(NCC2(O)CCCCC2)ncn1. The maximum atomic E-state index is 10.3. The summed E-state index contributed by atoms with van der Waals surface area (Å²) in [6.45, 7) is 2.52. The lowest BCUT2D eigenvalue weighted by atomic mass is 9.85. The molecule has 1 aliphatic rings. The molecule has 1 saturated carbocycles. The van der Waals surface area contributed by atoms with Crippen LogP contribution >= 0.6 is 0 Å². The number of anilines is 1. The molecule has 0 aromatic carbocycles. The molecule has 0 amide bonds. The number of aliphatic hydroxyl groups is 1. The molecule has 0 saturated heterocycles. The van der Waals surface area contributed by atoms with Gasteiger partial charge < -0.3 is 10.4 Å². The third kappa shape index (κ3) is 2.92. The van der Waals surface area contributed by atoms with E-state index in [2.05, 4.69) is 15.3 Å². The Hall–Kier alpha value is -1.16. The summed E-state index contributed by atoms with van der Waals surface area (Å²) >= 11 is 0. The van der Waals surface area contributed by atoms with Crippen LogP contribution in [-0.4, -0.2) is 27.2 Å². The lowest BCUT2D eigenvalue weighted by Gasteiger charge is -2.32. The molecule has 1 aromatic rings. The highest BCUT2D eigenvalue weighted by Gasteiger charge is 2.28.